The molecule has 5 aromatic carbocycles. The minimum atomic E-state index is -1.85. The molecule has 1 saturated heterocycles. The van der Waals surface area contributed by atoms with Crippen LogP contribution in [0.15, 0.2) is 139 Å². The number of para-hydroxylation sites is 2. The molecule has 0 bridgehead atoms. The van der Waals surface area contributed by atoms with Gasteiger partial charge in [0.25, 0.3) is 0 Å². The van der Waals surface area contributed by atoms with Crippen LogP contribution in [0.2, 0.25) is 13.1 Å². The SMILES string of the molecule is C[Si](C)(/C=C/c1ccc(-c2ccc(N(c3ccccc3)c3ccccc3)cc2)cc1)c1ccccc1COC1CCCCO1. The van der Waals surface area contributed by atoms with Crippen molar-refractivity contribution in [3.8, 4) is 11.1 Å². The first kappa shape index (κ1) is 29.8. The van der Waals surface area contributed by atoms with Gasteiger partial charge in [0.2, 0.25) is 0 Å². The molecule has 1 unspecified atom stereocenters. The number of ether oxygens (including phenoxy) is 2. The molecule has 0 saturated carbocycles. The maximum atomic E-state index is 6.16. The second-order valence-electron chi connectivity index (χ2n) is 12.0. The quantitative estimate of drug-likeness (QED) is 0.150. The summed E-state index contributed by atoms with van der Waals surface area (Å²) in [5.41, 5.74) is 10.8. The van der Waals surface area contributed by atoms with Crippen LogP contribution in [0, 0.1) is 0 Å². The summed E-state index contributed by atoms with van der Waals surface area (Å²) in [6.07, 6.45) is 5.53. The highest BCUT2D eigenvalue weighted by Crippen LogP contribution is 2.35. The first-order valence-electron chi connectivity index (χ1n) is 15.7. The zero-order chi connectivity index (χ0) is 30.2. The van der Waals surface area contributed by atoms with Crippen molar-refractivity contribution in [3.05, 3.63) is 150 Å². The minimum Gasteiger partial charge on any atom is -0.353 e. The van der Waals surface area contributed by atoms with Crippen LogP contribution >= 0.6 is 0 Å². The molecule has 222 valence electrons. The molecule has 3 nitrogen and oxygen atoms in total. The fourth-order valence-electron chi connectivity index (χ4n) is 5.89. The topological polar surface area (TPSA) is 21.7 Å². The maximum Gasteiger partial charge on any atom is 0.158 e. The third-order valence-electron chi connectivity index (χ3n) is 8.36. The van der Waals surface area contributed by atoms with Gasteiger partial charge >= 0.3 is 0 Å². The number of rotatable bonds is 10. The van der Waals surface area contributed by atoms with Crippen LogP contribution in [-0.4, -0.2) is 21.0 Å². The monoisotopic (exact) mass is 595 g/mol. The molecule has 0 spiro atoms. The molecule has 0 N–H and O–H groups in total. The molecule has 1 aliphatic heterocycles. The van der Waals surface area contributed by atoms with E-state index in [9.17, 15) is 0 Å². The van der Waals surface area contributed by atoms with Gasteiger partial charge in [-0.2, -0.15) is 0 Å². The predicted molar refractivity (Wildman–Crippen MR) is 188 cm³/mol. The van der Waals surface area contributed by atoms with Gasteiger partial charge in [-0.25, -0.2) is 0 Å². The second kappa shape index (κ2) is 14.0. The molecule has 4 heteroatoms. The number of nitrogens with zero attached hydrogens (tertiary/aromatic N) is 1. The smallest absolute Gasteiger partial charge is 0.158 e. The predicted octanol–water partition coefficient (Wildman–Crippen LogP) is 10.0. The van der Waals surface area contributed by atoms with Crippen molar-refractivity contribution < 1.29 is 9.47 Å². The zero-order valence-electron chi connectivity index (χ0n) is 25.7. The molecule has 1 fully saturated rings. The first-order chi connectivity index (χ1) is 21.6. The van der Waals surface area contributed by atoms with E-state index in [0.29, 0.717) is 6.61 Å². The Morgan fingerprint density at radius 2 is 1.25 bits per heavy atom. The first-order valence-corrected chi connectivity index (χ1v) is 18.8. The lowest BCUT2D eigenvalue weighted by molar-refractivity contribution is -0.168. The van der Waals surface area contributed by atoms with E-state index in [2.05, 4.69) is 163 Å². The van der Waals surface area contributed by atoms with Crippen LogP contribution < -0.4 is 10.1 Å². The summed E-state index contributed by atoms with van der Waals surface area (Å²) < 4.78 is 12.0. The van der Waals surface area contributed by atoms with Crippen molar-refractivity contribution in [2.24, 2.45) is 0 Å². The summed E-state index contributed by atoms with van der Waals surface area (Å²) in [5.74, 6) is 0. The van der Waals surface area contributed by atoms with Crippen LogP contribution in [0.25, 0.3) is 17.2 Å². The highest BCUT2D eigenvalue weighted by Gasteiger charge is 2.24. The second-order valence-corrected chi connectivity index (χ2v) is 16.3. The van der Waals surface area contributed by atoms with Crippen LogP contribution in [0.1, 0.15) is 30.4 Å². The summed E-state index contributed by atoms with van der Waals surface area (Å²) in [5, 5.41) is 1.42. The Balaban J connectivity index is 1.15. The lowest BCUT2D eigenvalue weighted by atomic mass is 10.0. The molecule has 0 aromatic heterocycles. The van der Waals surface area contributed by atoms with Gasteiger partial charge in [0.05, 0.1) is 6.61 Å². The summed E-state index contributed by atoms with van der Waals surface area (Å²) in [7, 11) is -1.85. The van der Waals surface area contributed by atoms with Crippen molar-refractivity contribution in [2.45, 2.75) is 45.3 Å². The van der Waals surface area contributed by atoms with E-state index in [1.807, 2.05) is 0 Å². The van der Waals surface area contributed by atoms with Gasteiger partial charge in [0, 0.05) is 23.7 Å². The van der Waals surface area contributed by atoms with Crippen LogP contribution in [0.5, 0.6) is 0 Å². The Bertz CT molecular complexity index is 1600. The van der Waals surface area contributed by atoms with Crippen molar-refractivity contribution in [1.82, 2.24) is 0 Å². The Morgan fingerprint density at radius 3 is 1.86 bits per heavy atom. The number of benzene rings is 5. The Morgan fingerprint density at radius 1 is 0.682 bits per heavy atom. The molecule has 0 aliphatic carbocycles. The molecule has 44 heavy (non-hydrogen) atoms. The largest absolute Gasteiger partial charge is 0.353 e. The fraction of sp³-hybridized carbons (Fsp3) is 0.200. The van der Waals surface area contributed by atoms with Crippen molar-refractivity contribution >= 4 is 36.4 Å². The van der Waals surface area contributed by atoms with Gasteiger partial charge in [0.1, 0.15) is 8.07 Å². The summed E-state index contributed by atoms with van der Waals surface area (Å²) in [6, 6.07) is 47.5. The molecular weight excluding hydrogens is 555 g/mol. The number of hydrogen-bond acceptors (Lipinski definition) is 3. The molecule has 1 aliphatic rings. The van der Waals surface area contributed by atoms with Gasteiger partial charge in [-0.3, -0.25) is 0 Å². The van der Waals surface area contributed by atoms with Crippen molar-refractivity contribution in [1.29, 1.82) is 0 Å². The number of anilines is 3. The van der Waals surface area contributed by atoms with Gasteiger partial charge < -0.3 is 14.4 Å². The lowest BCUT2D eigenvalue weighted by Crippen LogP contribution is -2.42. The lowest BCUT2D eigenvalue weighted by Gasteiger charge is -2.26. The Hall–Kier alpha value is -4.22. The molecule has 1 atom stereocenters. The van der Waals surface area contributed by atoms with E-state index < -0.39 is 8.07 Å². The van der Waals surface area contributed by atoms with Crippen LogP contribution in [0.3, 0.4) is 0 Å². The molecule has 5 aromatic rings. The van der Waals surface area contributed by atoms with Crippen molar-refractivity contribution in [2.75, 3.05) is 11.5 Å². The van der Waals surface area contributed by atoms with Crippen LogP contribution in [-0.2, 0) is 16.1 Å². The highest BCUT2D eigenvalue weighted by atomic mass is 28.3. The van der Waals surface area contributed by atoms with Gasteiger partial charge in [-0.1, -0.05) is 122 Å². The van der Waals surface area contributed by atoms with Crippen molar-refractivity contribution in [3.63, 3.8) is 0 Å². The average molecular weight is 596 g/mol. The van der Waals surface area contributed by atoms with E-state index in [-0.39, 0.29) is 6.29 Å². The third kappa shape index (κ3) is 7.28. The highest BCUT2D eigenvalue weighted by molar-refractivity contribution is 6.94. The number of hydrogen-bond donors (Lipinski definition) is 0. The minimum absolute atomic E-state index is 0.0708. The van der Waals surface area contributed by atoms with E-state index in [4.69, 9.17) is 9.47 Å². The van der Waals surface area contributed by atoms with Gasteiger partial charge in [-0.05, 0) is 83.1 Å². The van der Waals surface area contributed by atoms with E-state index >= 15 is 0 Å². The van der Waals surface area contributed by atoms with E-state index in [1.54, 1.807) is 0 Å². The molecule has 0 radical (unpaired) electrons. The molecular formula is C40H41NO2Si. The zero-order valence-corrected chi connectivity index (χ0v) is 26.7. The summed E-state index contributed by atoms with van der Waals surface area (Å²) in [6.45, 7) is 6.22. The molecule has 0 amide bonds. The van der Waals surface area contributed by atoms with Gasteiger partial charge in [-0.15, -0.1) is 0 Å². The fourth-order valence-corrected chi connectivity index (χ4v) is 8.18. The molecule has 1 heterocycles. The Labute approximate surface area is 263 Å². The van der Waals surface area contributed by atoms with E-state index in [0.717, 1.165) is 36.5 Å². The van der Waals surface area contributed by atoms with Crippen LogP contribution in [0.4, 0.5) is 17.1 Å². The maximum absolute atomic E-state index is 6.16. The summed E-state index contributed by atoms with van der Waals surface area (Å²) in [4.78, 5) is 2.29. The standard InChI is InChI=1S/C40H41NO2Si/c1-44(2,39-18-10-9-13-35(39)31-43-40-19-11-12-29-42-40)30-28-32-20-22-33(23-21-32)34-24-26-38(27-25-34)41(36-14-5-3-6-15-36)37-16-7-4-8-17-37/h3-10,13-18,20-28,30,40H,11-12,19,29,31H2,1-2H3/b30-28+. The molecule has 6 rings (SSSR count). The Kier molecular flexibility index (Phi) is 9.52. The third-order valence-corrected chi connectivity index (χ3v) is 11.2. The van der Waals surface area contributed by atoms with E-state index in [1.165, 1.54) is 33.9 Å². The van der Waals surface area contributed by atoms with Gasteiger partial charge in [0.15, 0.2) is 6.29 Å². The average Bonchev–Trinajstić information content (AvgIpc) is 3.09. The normalized spacial score (nSPS) is 15.4. The summed E-state index contributed by atoms with van der Waals surface area (Å²) >= 11 is 0.